The van der Waals surface area contributed by atoms with Gasteiger partial charge in [0.2, 0.25) is 0 Å². The number of fused-ring (bicyclic) bond motifs is 1. The maximum absolute atomic E-state index is 5.91. The SMILES string of the molecule is COc1cccc2cc(C(C)NCc3ccn[nH]3)oc12. The number of hydrogen-bond acceptors (Lipinski definition) is 4. The van der Waals surface area contributed by atoms with Gasteiger partial charge >= 0.3 is 0 Å². The summed E-state index contributed by atoms with van der Waals surface area (Å²) in [6.45, 7) is 2.79. The van der Waals surface area contributed by atoms with Crippen molar-refractivity contribution < 1.29 is 9.15 Å². The van der Waals surface area contributed by atoms with E-state index >= 15 is 0 Å². The maximum atomic E-state index is 5.91. The third-order valence-corrected chi connectivity index (χ3v) is 3.33. The Labute approximate surface area is 116 Å². The van der Waals surface area contributed by atoms with E-state index in [1.807, 2.05) is 30.3 Å². The van der Waals surface area contributed by atoms with Crippen molar-refractivity contribution in [3.05, 3.63) is 48.0 Å². The van der Waals surface area contributed by atoms with Crippen molar-refractivity contribution in [3.63, 3.8) is 0 Å². The molecular weight excluding hydrogens is 254 g/mol. The fourth-order valence-corrected chi connectivity index (χ4v) is 2.18. The molecule has 3 aromatic rings. The highest BCUT2D eigenvalue weighted by molar-refractivity contribution is 5.83. The predicted molar refractivity (Wildman–Crippen MR) is 76.6 cm³/mol. The van der Waals surface area contributed by atoms with Crippen LogP contribution in [0.5, 0.6) is 5.75 Å². The minimum absolute atomic E-state index is 0.107. The summed E-state index contributed by atoms with van der Waals surface area (Å²) in [4.78, 5) is 0. The van der Waals surface area contributed by atoms with E-state index in [0.717, 1.165) is 34.7 Å². The van der Waals surface area contributed by atoms with Gasteiger partial charge in [-0.3, -0.25) is 5.10 Å². The van der Waals surface area contributed by atoms with Crippen LogP contribution >= 0.6 is 0 Å². The van der Waals surface area contributed by atoms with E-state index in [1.54, 1.807) is 13.3 Å². The molecule has 1 atom stereocenters. The number of para-hydroxylation sites is 1. The normalized spacial score (nSPS) is 12.7. The molecule has 0 amide bonds. The highest BCUT2D eigenvalue weighted by Crippen LogP contribution is 2.30. The van der Waals surface area contributed by atoms with Gasteiger partial charge < -0.3 is 14.5 Å². The standard InChI is InChI=1S/C15H17N3O2/c1-10(16-9-12-6-7-17-18-12)14-8-11-4-3-5-13(19-2)15(11)20-14/h3-8,10,16H,9H2,1-2H3,(H,17,18). The second kappa shape index (κ2) is 5.38. The number of nitrogens with zero attached hydrogens (tertiary/aromatic N) is 1. The summed E-state index contributed by atoms with van der Waals surface area (Å²) in [5.74, 6) is 1.65. The first-order valence-electron chi connectivity index (χ1n) is 6.56. The van der Waals surface area contributed by atoms with Crippen molar-refractivity contribution in [1.29, 1.82) is 0 Å². The zero-order valence-corrected chi connectivity index (χ0v) is 11.5. The van der Waals surface area contributed by atoms with Gasteiger partial charge in [-0.25, -0.2) is 0 Å². The molecule has 2 heterocycles. The lowest BCUT2D eigenvalue weighted by molar-refractivity contribution is 0.399. The molecule has 3 rings (SSSR count). The molecule has 0 radical (unpaired) electrons. The van der Waals surface area contributed by atoms with Crippen LogP contribution in [0.4, 0.5) is 0 Å². The Hall–Kier alpha value is -2.27. The van der Waals surface area contributed by atoms with Crippen LogP contribution in [0.3, 0.4) is 0 Å². The zero-order valence-electron chi connectivity index (χ0n) is 11.5. The van der Waals surface area contributed by atoms with Crippen LogP contribution in [-0.4, -0.2) is 17.3 Å². The first-order chi connectivity index (χ1) is 9.78. The van der Waals surface area contributed by atoms with Crippen molar-refractivity contribution in [2.75, 3.05) is 7.11 Å². The largest absolute Gasteiger partial charge is 0.493 e. The predicted octanol–water partition coefficient (Wildman–Crippen LogP) is 3.02. The smallest absolute Gasteiger partial charge is 0.176 e. The molecule has 1 aromatic carbocycles. The summed E-state index contributed by atoms with van der Waals surface area (Å²) in [6.07, 6.45) is 1.74. The Morgan fingerprint density at radius 3 is 3.05 bits per heavy atom. The number of aromatic nitrogens is 2. The van der Waals surface area contributed by atoms with Crippen LogP contribution in [-0.2, 0) is 6.54 Å². The van der Waals surface area contributed by atoms with Gasteiger partial charge in [-0.15, -0.1) is 0 Å². The number of aromatic amines is 1. The van der Waals surface area contributed by atoms with E-state index in [1.165, 1.54) is 0 Å². The fourth-order valence-electron chi connectivity index (χ4n) is 2.18. The fraction of sp³-hybridized carbons (Fsp3) is 0.267. The summed E-state index contributed by atoms with van der Waals surface area (Å²) < 4.78 is 11.2. The lowest BCUT2D eigenvalue weighted by Crippen LogP contribution is -2.17. The van der Waals surface area contributed by atoms with E-state index in [4.69, 9.17) is 9.15 Å². The molecule has 104 valence electrons. The molecule has 5 heteroatoms. The average Bonchev–Trinajstić information content (AvgIpc) is 3.12. The quantitative estimate of drug-likeness (QED) is 0.748. The van der Waals surface area contributed by atoms with E-state index in [2.05, 4.69) is 22.4 Å². The summed E-state index contributed by atoms with van der Waals surface area (Å²) in [6, 6.07) is 9.98. The Morgan fingerprint density at radius 1 is 1.40 bits per heavy atom. The Kier molecular flexibility index (Phi) is 3.43. The number of furan rings is 1. The topological polar surface area (TPSA) is 63.1 Å². The lowest BCUT2D eigenvalue weighted by atomic mass is 10.2. The van der Waals surface area contributed by atoms with E-state index in [-0.39, 0.29) is 6.04 Å². The van der Waals surface area contributed by atoms with Gasteiger partial charge in [0.1, 0.15) is 5.76 Å². The molecule has 5 nitrogen and oxygen atoms in total. The third-order valence-electron chi connectivity index (χ3n) is 3.33. The number of H-pyrrole nitrogens is 1. The van der Waals surface area contributed by atoms with Crippen LogP contribution < -0.4 is 10.1 Å². The van der Waals surface area contributed by atoms with Crippen molar-refractivity contribution in [3.8, 4) is 5.75 Å². The van der Waals surface area contributed by atoms with E-state index < -0.39 is 0 Å². The van der Waals surface area contributed by atoms with Crippen LogP contribution in [0.2, 0.25) is 0 Å². The van der Waals surface area contributed by atoms with Gasteiger partial charge in [0.05, 0.1) is 13.2 Å². The van der Waals surface area contributed by atoms with Crippen LogP contribution in [0.25, 0.3) is 11.0 Å². The highest BCUT2D eigenvalue weighted by atomic mass is 16.5. The minimum Gasteiger partial charge on any atom is -0.493 e. The van der Waals surface area contributed by atoms with Crippen molar-refractivity contribution >= 4 is 11.0 Å². The number of benzene rings is 1. The van der Waals surface area contributed by atoms with Crippen molar-refractivity contribution in [1.82, 2.24) is 15.5 Å². The zero-order chi connectivity index (χ0) is 13.9. The molecule has 0 saturated heterocycles. The second-order valence-electron chi connectivity index (χ2n) is 4.71. The van der Waals surface area contributed by atoms with Gasteiger partial charge in [-0.1, -0.05) is 12.1 Å². The Bertz CT molecular complexity index is 688. The van der Waals surface area contributed by atoms with Crippen LogP contribution in [0.15, 0.2) is 40.9 Å². The molecule has 0 aliphatic rings. The molecular formula is C15H17N3O2. The molecule has 0 saturated carbocycles. The van der Waals surface area contributed by atoms with Crippen LogP contribution in [0.1, 0.15) is 24.4 Å². The second-order valence-corrected chi connectivity index (χ2v) is 4.71. The first kappa shape index (κ1) is 12.7. The summed E-state index contributed by atoms with van der Waals surface area (Å²) in [7, 11) is 1.65. The van der Waals surface area contributed by atoms with E-state index in [9.17, 15) is 0 Å². The van der Waals surface area contributed by atoms with Gasteiger partial charge in [-0.2, -0.15) is 5.10 Å². The molecule has 0 aliphatic carbocycles. The summed E-state index contributed by atoms with van der Waals surface area (Å²) >= 11 is 0. The lowest BCUT2D eigenvalue weighted by Gasteiger charge is -2.09. The number of methoxy groups -OCH3 is 1. The minimum atomic E-state index is 0.107. The van der Waals surface area contributed by atoms with Crippen LogP contribution in [0, 0.1) is 0 Å². The van der Waals surface area contributed by atoms with Crippen molar-refractivity contribution in [2.24, 2.45) is 0 Å². The summed E-state index contributed by atoms with van der Waals surface area (Å²) in [5, 5.41) is 11.3. The van der Waals surface area contributed by atoms with Gasteiger partial charge in [0.15, 0.2) is 11.3 Å². The molecule has 0 spiro atoms. The molecule has 0 fully saturated rings. The summed E-state index contributed by atoms with van der Waals surface area (Å²) in [5.41, 5.74) is 1.84. The number of rotatable bonds is 5. The molecule has 0 bridgehead atoms. The average molecular weight is 271 g/mol. The Balaban J connectivity index is 1.79. The molecule has 20 heavy (non-hydrogen) atoms. The Morgan fingerprint density at radius 2 is 2.30 bits per heavy atom. The van der Waals surface area contributed by atoms with Gasteiger partial charge in [0, 0.05) is 23.8 Å². The number of hydrogen-bond donors (Lipinski definition) is 2. The number of ether oxygens (including phenoxy) is 1. The molecule has 1 unspecified atom stereocenters. The maximum Gasteiger partial charge on any atom is 0.176 e. The highest BCUT2D eigenvalue weighted by Gasteiger charge is 2.13. The first-order valence-corrected chi connectivity index (χ1v) is 6.56. The monoisotopic (exact) mass is 271 g/mol. The third kappa shape index (κ3) is 2.40. The van der Waals surface area contributed by atoms with E-state index in [0.29, 0.717) is 0 Å². The molecule has 2 aromatic heterocycles. The number of nitrogens with one attached hydrogen (secondary N) is 2. The van der Waals surface area contributed by atoms with Gasteiger partial charge in [-0.05, 0) is 25.1 Å². The van der Waals surface area contributed by atoms with Crippen molar-refractivity contribution in [2.45, 2.75) is 19.5 Å². The van der Waals surface area contributed by atoms with Gasteiger partial charge in [0.25, 0.3) is 0 Å². The molecule has 0 aliphatic heterocycles. The molecule has 2 N–H and O–H groups in total.